The second-order valence-electron chi connectivity index (χ2n) is 5.30. The molecule has 0 bridgehead atoms. The molecular formula is C14H32N2O. The maximum absolute atomic E-state index is 5.92. The lowest BCUT2D eigenvalue weighted by Crippen LogP contribution is -2.46. The maximum atomic E-state index is 5.92. The van der Waals surface area contributed by atoms with E-state index in [9.17, 15) is 0 Å². The summed E-state index contributed by atoms with van der Waals surface area (Å²) >= 11 is 0. The highest BCUT2D eigenvalue weighted by molar-refractivity contribution is 4.81. The smallest absolute Gasteiger partial charge is 0.0589 e. The van der Waals surface area contributed by atoms with Gasteiger partial charge in [0, 0.05) is 26.2 Å². The number of nitrogens with zero attached hydrogens (tertiary/aromatic N) is 1. The van der Waals surface area contributed by atoms with Crippen LogP contribution in [0.25, 0.3) is 0 Å². The van der Waals surface area contributed by atoms with Gasteiger partial charge in [0.25, 0.3) is 0 Å². The maximum Gasteiger partial charge on any atom is 0.0589 e. The largest absolute Gasteiger partial charge is 0.383 e. The van der Waals surface area contributed by atoms with Crippen LogP contribution in [-0.2, 0) is 4.74 Å². The molecule has 1 atom stereocenters. The van der Waals surface area contributed by atoms with Crippen molar-refractivity contribution in [2.24, 2.45) is 11.1 Å². The Kier molecular flexibility index (Phi) is 8.83. The lowest BCUT2D eigenvalue weighted by molar-refractivity contribution is 0.0771. The van der Waals surface area contributed by atoms with Gasteiger partial charge in [-0.05, 0) is 31.2 Å². The second kappa shape index (κ2) is 8.90. The van der Waals surface area contributed by atoms with Crippen molar-refractivity contribution in [3.63, 3.8) is 0 Å². The Hall–Kier alpha value is -0.120. The molecular weight excluding hydrogens is 212 g/mol. The van der Waals surface area contributed by atoms with Crippen LogP contribution in [0, 0.1) is 5.41 Å². The quantitative estimate of drug-likeness (QED) is 0.642. The van der Waals surface area contributed by atoms with Crippen LogP contribution in [0.5, 0.6) is 0 Å². The summed E-state index contributed by atoms with van der Waals surface area (Å²) in [4.78, 5) is 2.56. The van der Waals surface area contributed by atoms with E-state index in [1.54, 1.807) is 7.11 Å². The van der Waals surface area contributed by atoms with Crippen LogP contribution >= 0.6 is 0 Å². The van der Waals surface area contributed by atoms with Gasteiger partial charge >= 0.3 is 0 Å². The molecule has 0 rings (SSSR count). The first kappa shape index (κ1) is 16.9. The standard InChI is InChI=1S/C14H32N2O/c1-6-13(7-2)16(9-10-17-5)12-14(4,8-3)11-15/h13H,6-12,15H2,1-5H3. The minimum Gasteiger partial charge on any atom is -0.383 e. The average molecular weight is 244 g/mol. The molecule has 0 fully saturated rings. The number of hydrogen-bond donors (Lipinski definition) is 1. The van der Waals surface area contributed by atoms with Crippen molar-refractivity contribution in [2.75, 3.05) is 33.4 Å². The van der Waals surface area contributed by atoms with E-state index in [4.69, 9.17) is 10.5 Å². The van der Waals surface area contributed by atoms with Crippen LogP contribution in [0.15, 0.2) is 0 Å². The third kappa shape index (κ3) is 5.84. The van der Waals surface area contributed by atoms with Crippen molar-refractivity contribution >= 4 is 0 Å². The first-order chi connectivity index (χ1) is 8.06. The van der Waals surface area contributed by atoms with E-state index < -0.39 is 0 Å². The van der Waals surface area contributed by atoms with Gasteiger partial charge in [-0.3, -0.25) is 4.90 Å². The summed E-state index contributed by atoms with van der Waals surface area (Å²) in [5.41, 5.74) is 6.15. The fourth-order valence-corrected chi connectivity index (χ4v) is 2.22. The zero-order valence-electron chi connectivity index (χ0n) is 12.5. The predicted molar refractivity (Wildman–Crippen MR) is 75.3 cm³/mol. The molecule has 0 saturated heterocycles. The van der Waals surface area contributed by atoms with Crippen molar-refractivity contribution in [1.82, 2.24) is 4.90 Å². The van der Waals surface area contributed by atoms with Crippen molar-refractivity contribution in [3.8, 4) is 0 Å². The van der Waals surface area contributed by atoms with Gasteiger partial charge in [-0.25, -0.2) is 0 Å². The first-order valence-corrected chi connectivity index (χ1v) is 6.99. The van der Waals surface area contributed by atoms with Gasteiger partial charge in [-0.1, -0.05) is 27.7 Å². The Bertz CT molecular complexity index is 177. The zero-order valence-corrected chi connectivity index (χ0v) is 12.5. The Balaban J connectivity index is 4.55. The Morgan fingerprint density at radius 1 is 1.24 bits per heavy atom. The summed E-state index contributed by atoms with van der Waals surface area (Å²) in [6.07, 6.45) is 3.53. The molecule has 0 aliphatic heterocycles. The molecule has 0 radical (unpaired) electrons. The summed E-state index contributed by atoms with van der Waals surface area (Å²) < 4.78 is 5.22. The molecule has 3 nitrogen and oxygen atoms in total. The fraction of sp³-hybridized carbons (Fsp3) is 1.00. The SMILES string of the molecule is CCC(CC)N(CCOC)CC(C)(CC)CN. The van der Waals surface area contributed by atoms with Crippen molar-refractivity contribution in [1.29, 1.82) is 0 Å². The molecule has 0 spiro atoms. The number of methoxy groups -OCH3 is 1. The third-order valence-electron chi connectivity index (χ3n) is 3.97. The van der Waals surface area contributed by atoms with Gasteiger partial charge in [-0.2, -0.15) is 0 Å². The van der Waals surface area contributed by atoms with Crippen molar-refractivity contribution < 1.29 is 4.74 Å². The van der Waals surface area contributed by atoms with Gasteiger partial charge in [-0.15, -0.1) is 0 Å². The molecule has 0 saturated carbocycles. The highest BCUT2D eigenvalue weighted by Crippen LogP contribution is 2.23. The van der Waals surface area contributed by atoms with E-state index in [1.807, 2.05) is 0 Å². The molecule has 3 heteroatoms. The van der Waals surface area contributed by atoms with Crippen LogP contribution in [0.1, 0.15) is 47.0 Å². The van der Waals surface area contributed by atoms with Gasteiger partial charge in [0.05, 0.1) is 6.61 Å². The van der Waals surface area contributed by atoms with Crippen LogP contribution in [0.2, 0.25) is 0 Å². The molecule has 0 aromatic carbocycles. The van der Waals surface area contributed by atoms with E-state index in [0.29, 0.717) is 6.04 Å². The molecule has 0 aliphatic carbocycles. The summed E-state index contributed by atoms with van der Waals surface area (Å²) in [5.74, 6) is 0. The van der Waals surface area contributed by atoms with E-state index in [1.165, 1.54) is 12.8 Å². The number of hydrogen-bond acceptors (Lipinski definition) is 3. The van der Waals surface area contributed by atoms with Gasteiger partial charge in [0.1, 0.15) is 0 Å². The fourth-order valence-electron chi connectivity index (χ4n) is 2.22. The van der Waals surface area contributed by atoms with Gasteiger partial charge in [0.2, 0.25) is 0 Å². The molecule has 104 valence electrons. The van der Waals surface area contributed by atoms with Crippen molar-refractivity contribution in [2.45, 2.75) is 53.0 Å². The molecule has 0 amide bonds. The minimum absolute atomic E-state index is 0.232. The molecule has 1 unspecified atom stereocenters. The summed E-state index contributed by atoms with van der Waals surface area (Å²) in [6.45, 7) is 12.7. The summed E-state index contributed by atoms with van der Waals surface area (Å²) in [7, 11) is 1.77. The van der Waals surface area contributed by atoms with Crippen molar-refractivity contribution in [3.05, 3.63) is 0 Å². The lowest BCUT2D eigenvalue weighted by Gasteiger charge is -2.38. The second-order valence-corrected chi connectivity index (χ2v) is 5.30. The topological polar surface area (TPSA) is 38.5 Å². The van der Waals surface area contributed by atoms with Crippen LogP contribution in [-0.4, -0.2) is 44.3 Å². The monoisotopic (exact) mass is 244 g/mol. The number of rotatable bonds is 10. The predicted octanol–water partition coefficient (Wildman–Crippen LogP) is 2.50. The molecule has 0 aliphatic rings. The number of nitrogens with two attached hydrogens (primary N) is 1. The molecule has 0 aromatic heterocycles. The van der Waals surface area contributed by atoms with Crippen LogP contribution in [0.4, 0.5) is 0 Å². The van der Waals surface area contributed by atoms with E-state index in [-0.39, 0.29) is 5.41 Å². The first-order valence-electron chi connectivity index (χ1n) is 6.99. The Labute approximate surface area is 108 Å². The Morgan fingerprint density at radius 2 is 1.82 bits per heavy atom. The summed E-state index contributed by atoms with van der Waals surface area (Å²) in [5, 5.41) is 0. The molecule has 2 N–H and O–H groups in total. The zero-order chi connectivity index (χ0) is 13.3. The lowest BCUT2D eigenvalue weighted by atomic mass is 9.86. The third-order valence-corrected chi connectivity index (χ3v) is 3.97. The minimum atomic E-state index is 0.232. The van der Waals surface area contributed by atoms with Gasteiger partial charge in [0.15, 0.2) is 0 Å². The molecule has 17 heavy (non-hydrogen) atoms. The van der Waals surface area contributed by atoms with E-state index in [2.05, 4.69) is 32.6 Å². The molecule has 0 aromatic rings. The van der Waals surface area contributed by atoms with Crippen LogP contribution in [0.3, 0.4) is 0 Å². The molecule has 0 heterocycles. The van der Waals surface area contributed by atoms with Gasteiger partial charge < -0.3 is 10.5 Å². The number of ether oxygens (including phenoxy) is 1. The highest BCUT2D eigenvalue weighted by atomic mass is 16.5. The highest BCUT2D eigenvalue weighted by Gasteiger charge is 2.26. The average Bonchev–Trinajstić information content (AvgIpc) is 2.36. The van der Waals surface area contributed by atoms with Crippen LogP contribution < -0.4 is 5.73 Å². The summed E-state index contributed by atoms with van der Waals surface area (Å²) in [6, 6.07) is 0.655. The van der Waals surface area contributed by atoms with E-state index in [0.717, 1.165) is 32.7 Å². The Morgan fingerprint density at radius 3 is 2.18 bits per heavy atom. The normalized spacial score (nSPS) is 15.5. The van der Waals surface area contributed by atoms with E-state index >= 15 is 0 Å².